The second-order valence-electron chi connectivity index (χ2n) is 6.73. The van der Waals surface area contributed by atoms with Crippen molar-refractivity contribution < 1.29 is 9.90 Å². The van der Waals surface area contributed by atoms with Crippen LogP contribution in [0.25, 0.3) is 0 Å². The Labute approximate surface area is 166 Å². The molecule has 148 valence electrons. The quantitative estimate of drug-likeness (QED) is 0.589. The SMILES string of the molecule is CCCC(NC(=O)C(C#N)C(NCCO)c1cccc(C)n1)c1ccccc1. The van der Waals surface area contributed by atoms with E-state index < -0.39 is 12.0 Å². The number of carbonyl (C=O) groups excluding carboxylic acids is 1. The van der Waals surface area contributed by atoms with Crippen molar-refractivity contribution >= 4 is 5.91 Å². The highest BCUT2D eigenvalue weighted by Crippen LogP contribution is 2.24. The molecule has 1 aromatic heterocycles. The fourth-order valence-electron chi connectivity index (χ4n) is 3.19. The molecular weight excluding hydrogens is 352 g/mol. The lowest BCUT2D eigenvalue weighted by Gasteiger charge is -2.25. The zero-order chi connectivity index (χ0) is 20.4. The number of carbonyl (C=O) groups is 1. The summed E-state index contributed by atoms with van der Waals surface area (Å²) in [7, 11) is 0. The van der Waals surface area contributed by atoms with Gasteiger partial charge in [0.05, 0.1) is 30.5 Å². The maximum atomic E-state index is 13.0. The summed E-state index contributed by atoms with van der Waals surface area (Å²) >= 11 is 0. The fourth-order valence-corrected chi connectivity index (χ4v) is 3.19. The fraction of sp³-hybridized carbons (Fsp3) is 0.409. The van der Waals surface area contributed by atoms with Crippen LogP contribution in [0.4, 0.5) is 0 Å². The number of nitrogens with one attached hydrogen (secondary N) is 2. The topological polar surface area (TPSA) is 98.0 Å². The molecule has 2 aromatic rings. The number of aliphatic hydroxyl groups is 1. The molecular formula is C22H28N4O2. The third-order valence-electron chi connectivity index (χ3n) is 4.56. The van der Waals surface area contributed by atoms with Gasteiger partial charge in [-0.2, -0.15) is 5.26 Å². The number of aliphatic hydroxyl groups excluding tert-OH is 1. The van der Waals surface area contributed by atoms with Crippen molar-refractivity contribution in [3.05, 3.63) is 65.5 Å². The molecule has 3 N–H and O–H groups in total. The van der Waals surface area contributed by atoms with Crippen LogP contribution in [0.5, 0.6) is 0 Å². The standard InChI is InChI=1S/C22H28N4O2/c1-3-8-19(17-10-5-4-6-11-17)26-22(28)18(15-23)21(24-13-14-27)20-12-7-9-16(2)25-20/h4-7,9-12,18-19,21,24,27H,3,8,13-14H2,1-2H3,(H,26,28). The van der Waals surface area contributed by atoms with Gasteiger partial charge < -0.3 is 15.7 Å². The normalized spacial score (nSPS) is 13.9. The Morgan fingerprint density at radius 2 is 1.96 bits per heavy atom. The molecule has 6 nitrogen and oxygen atoms in total. The Kier molecular flexibility index (Phi) is 8.60. The maximum absolute atomic E-state index is 13.0. The first-order valence-electron chi connectivity index (χ1n) is 9.63. The van der Waals surface area contributed by atoms with Crippen LogP contribution in [-0.2, 0) is 4.79 Å². The van der Waals surface area contributed by atoms with Gasteiger partial charge in [0.1, 0.15) is 5.92 Å². The van der Waals surface area contributed by atoms with Crippen molar-refractivity contribution in [2.75, 3.05) is 13.2 Å². The molecule has 1 amide bonds. The Morgan fingerprint density at radius 1 is 1.21 bits per heavy atom. The smallest absolute Gasteiger partial charge is 0.239 e. The van der Waals surface area contributed by atoms with Crippen LogP contribution in [0.1, 0.15) is 48.8 Å². The molecule has 0 radical (unpaired) electrons. The van der Waals surface area contributed by atoms with Gasteiger partial charge in [-0.1, -0.05) is 49.7 Å². The van der Waals surface area contributed by atoms with Crippen LogP contribution in [0.3, 0.4) is 0 Å². The predicted molar refractivity (Wildman–Crippen MR) is 108 cm³/mol. The van der Waals surface area contributed by atoms with E-state index in [2.05, 4.69) is 28.6 Å². The summed E-state index contributed by atoms with van der Waals surface area (Å²) in [5, 5.41) is 25.1. The number of nitriles is 1. The lowest BCUT2D eigenvalue weighted by atomic mass is 9.94. The molecule has 0 spiro atoms. The van der Waals surface area contributed by atoms with E-state index in [0.717, 1.165) is 24.1 Å². The van der Waals surface area contributed by atoms with Gasteiger partial charge in [-0.05, 0) is 31.0 Å². The molecule has 0 aliphatic heterocycles. The van der Waals surface area contributed by atoms with Crippen molar-refractivity contribution in [1.82, 2.24) is 15.6 Å². The Morgan fingerprint density at radius 3 is 2.57 bits per heavy atom. The third kappa shape index (κ3) is 5.88. The number of benzene rings is 1. The average Bonchev–Trinajstić information content (AvgIpc) is 2.71. The minimum Gasteiger partial charge on any atom is -0.395 e. The third-order valence-corrected chi connectivity index (χ3v) is 4.56. The summed E-state index contributed by atoms with van der Waals surface area (Å²) in [6.45, 7) is 4.10. The highest BCUT2D eigenvalue weighted by molar-refractivity contribution is 5.82. The molecule has 3 unspecified atom stereocenters. The largest absolute Gasteiger partial charge is 0.395 e. The van der Waals surface area contributed by atoms with Gasteiger partial charge in [-0.25, -0.2) is 0 Å². The number of hydrogen-bond acceptors (Lipinski definition) is 5. The number of amides is 1. The van der Waals surface area contributed by atoms with Gasteiger partial charge in [0, 0.05) is 12.2 Å². The zero-order valence-corrected chi connectivity index (χ0v) is 16.4. The summed E-state index contributed by atoms with van der Waals surface area (Å²) in [6.07, 6.45) is 1.69. The number of aromatic nitrogens is 1. The van der Waals surface area contributed by atoms with Gasteiger partial charge in [-0.3, -0.25) is 9.78 Å². The van der Waals surface area contributed by atoms with E-state index in [1.54, 1.807) is 6.07 Å². The highest BCUT2D eigenvalue weighted by Gasteiger charge is 2.31. The van der Waals surface area contributed by atoms with E-state index in [9.17, 15) is 15.2 Å². The first-order chi connectivity index (χ1) is 13.6. The number of aryl methyl sites for hydroxylation is 1. The molecule has 0 saturated carbocycles. The minimum absolute atomic E-state index is 0.0927. The molecule has 0 aliphatic rings. The number of hydrogen-bond donors (Lipinski definition) is 3. The van der Waals surface area contributed by atoms with Crippen LogP contribution in [0, 0.1) is 24.2 Å². The van der Waals surface area contributed by atoms with E-state index >= 15 is 0 Å². The molecule has 1 heterocycles. The van der Waals surface area contributed by atoms with E-state index in [4.69, 9.17) is 0 Å². The van der Waals surface area contributed by atoms with Gasteiger partial charge in [0.15, 0.2) is 0 Å². The molecule has 0 bridgehead atoms. The van der Waals surface area contributed by atoms with Gasteiger partial charge in [-0.15, -0.1) is 0 Å². The first-order valence-corrected chi connectivity index (χ1v) is 9.63. The highest BCUT2D eigenvalue weighted by atomic mass is 16.3. The summed E-state index contributed by atoms with van der Waals surface area (Å²) in [5.74, 6) is -1.31. The van der Waals surface area contributed by atoms with Gasteiger partial charge in [0.2, 0.25) is 5.91 Å². The van der Waals surface area contributed by atoms with Crippen LogP contribution in [0.2, 0.25) is 0 Å². The molecule has 2 rings (SSSR count). The molecule has 0 saturated heterocycles. The van der Waals surface area contributed by atoms with Crippen LogP contribution >= 0.6 is 0 Å². The molecule has 28 heavy (non-hydrogen) atoms. The number of pyridine rings is 1. The van der Waals surface area contributed by atoms with E-state index in [1.807, 2.05) is 49.4 Å². The Bertz CT molecular complexity index is 789. The van der Waals surface area contributed by atoms with Crippen LogP contribution in [0.15, 0.2) is 48.5 Å². The lowest BCUT2D eigenvalue weighted by Crippen LogP contribution is -2.41. The van der Waals surface area contributed by atoms with Crippen molar-refractivity contribution in [2.24, 2.45) is 5.92 Å². The van der Waals surface area contributed by atoms with E-state index in [0.29, 0.717) is 5.69 Å². The predicted octanol–water partition coefficient (Wildman–Crippen LogP) is 2.81. The second-order valence-corrected chi connectivity index (χ2v) is 6.73. The second kappa shape index (κ2) is 11.2. The summed E-state index contributed by atoms with van der Waals surface area (Å²) in [5.41, 5.74) is 2.43. The minimum atomic E-state index is -0.969. The summed E-state index contributed by atoms with van der Waals surface area (Å²) in [6, 6.07) is 16.6. The molecule has 3 atom stereocenters. The molecule has 0 fully saturated rings. The van der Waals surface area contributed by atoms with E-state index in [-0.39, 0.29) is 25.1 Å². The van der Waals surface area contributed by atoms with Crippen LogP contribution in [-0.4, -0.2) is 29.1 Å². The average molecular weight is 380 g/mol. The van der Waals surface area contributed by atoms with Crippen molar-refractivity contribution in [3.63, 3.8) is 0 Å². The van der Waals surface area contributed by atoms with Gasteiger partial charge in [0.25, 0.3) is 0 Å². The lowest BCUT2D eigenvalue weighted by molar-refractivity contribution is -0.125. The summed E-state index contributed by atoms with van der Waals surface area (Å²) < 4.78 is 0. The monoisotopic (exact) mass is 380 g/mol. The first kappa shape index (κ1) is 21.5. The maximum Gasteiger partial charge on any atom is 0.239 e. The van der Waals surface area contributed by atoms with Gasteiger partial charge >= 0.3 is 0 Å². The Balaban J connectivity index is 2.25. The molecule has 1 aromatic carbocycles. The van der Waals surface area contributed by atoms with Crippen molar-refractivity contribution in [3.8, 4) is 6.07 Å². The summed E-state index contributed by atoms with van der Waals surface area (Å²) in [4.78, 5) is 17.5. The van der Waals surface area contributed by atoms with E-state index in [1.165, 1.54) is 0 Å². The number of nitrogens with zero attached hydrogens (tertiary/aromatic N) is 2. The van der Waals surface area contributed by atoms with Crippen LogP contribution < -0.4 is 10.6 Å². The molecule has 0 aliphatic carbocycles. The van der Waals surface area contributed by atoms with Crippen molar-refractivity contribution in [2.45, 2.75) is 38.8 Å². The molecule has 6 heteroatoms. The number of rotatable bonds is 10. The van der Waals surface area contributed by atoms with Crippen molar-refractivity contribution in [1.29, 1.82) is 5.26 Å². The Hall–Kier alpha value is -2.75. The zero-order valence-electron chi connectivity index (χ0n) is 16.4.